The molecule has 1 heterocycles. The lowest BCUT2D eigenvalue weighted by atomic mass is 9.92. The molecule has 0 radical (unpaired) electrons. The van der Waals surface area contributed by atoms with Crippen molar-refractivity contribution in [3.05, 3.63) is 29.8 Å². The Balaban J connectivity index is 2.05. The Kier molecular flexibility index (Phi) is 5.25. The highest BCUT2D eigenvalue weighted by Gasteiger charge is 2.26. The van der Waals surface area contributed by atoms with E-state index >= 15 is 0 Å². The first-order chi connectivity index (χ1) is 10.1. The molecule has 0 saturated carbocycles. The average Bonchev–Trinajstić information content (AvgIpc) is 2.50. The van der Waals surface area contributed by atoms with Gasteiger partial charge in [0.25, 0.3) is 0 Å². The standard InChI is InChI=1S/C18H27N3/c1-4-10-20-18(3,14-19)9-11-21-13-15(2)12-16-7-5-6-8-17(16)21/h5-8,15,20H,4,9-13H2,1-3H3. The molecule has 0 fully saturated rings. The van der Waals surface area contributed by atoms with E-state index in [-0.39, 0.29) is 0 Å². The molecule has 1 aromatic carbocycles. The third-order valence-electron chi connectivity index (χ3n) is 4.33. The third-order valence-corrected chi connectivity index (χ3v) is 4.33. The lowest BCUT2D eigenvalue weighted by molar-refractivity contribution is 0.409. The van der Waals surface area contributed by atoms with Crippen LogP contribution in [-0.2, 0) is 6.42 Å². The van der Waals surface area contributed by atoms with E-state index in [0.717, 1.165) is 38.9 Å². The number of nitrogens with one attached hydrogen (secondary N) is 1. The van der Waals surface area contributed by atoms with Gasteiger partial charge in [-0.3, -0.25) is 5.32 Å². The average molecular weight is 285 g/mol. The summed E-state index contributed by atoms with van der Waals surface area (Å²) in [4.78, 5) is 2.45. The molecule has 1 aliphatic rings. The monoisotopic (exact) mass is 285 g/mol. The molecule has 2 unspecified atom stereocenters. The summed E-state index contributed by atoms with van der Waals surface area (Å²) in [6.07, 6.45) is 3.07. The maximum absolute atomic E-state index is 9.46. The van der Waals surface area contributed by atoms with Crippen LogP contribution in [0, 0.1) is 17.2 Å². The van der Waals surface area contributed by atoms with Crippen LogP contribution in [0.3, 0.4) is 0 Å². The summed E-state index contributed by atoms with van der Waals surface area (Å²) in [6, 6.07) is 11.1. The molecule has 3 heteroatoms. The van der Waals surface area contributed by atoms with Crippen LogP contribution in [0.25, 0.3) is 0 Å². The van der Waals surface area contributed by atoms with Gasteiger partial charge in [0.2, 0.25) is 0 Å². The van der Waals surface area contributed by atoms with Crippen LogP contribution in [0.5, 0.6) is 0 Å². The smallest absolute Gasteiger partial charge is 0.105 e. The van der Waals surface area contributed by atoms with Gasteiger partial charge in [0.15, 0.2) is 0 Å². The molecule has 2 rings (SSSR count). The second kappa shape index (κ2) is 6.95. The third kappa shape index (κ3) is 3.98. The van der Waals surface area contributed by atoms with Gasteiger partial charge in [-0.2, -0.15) is 5.26 Å². The first kappa shape index (κ1) is 15.9. The van der Waals surface area contributed by atoms with E-state index in [2.05, 4.69) is 54.4 Å². The van der Waals surface area contributed by atoms with Crippen molar-refractivity contribution in [1.82, 2.24) is 5.32 Å². The van der Waals surface area contributed by atoms with E-state index in [9.17, 15) is 5.26 Å². The fourth-order valence-electron chi connectivity index (χ4n) is 3.06. The molecule has 1 aliphatic heterocycles. The molecule has 0 amide bonds. The van der Waals surface area contributed by atoms with Crippen molar-refractivity contribution >= 4 is 5.69 Å². The van der Waals surface area contributed by atoms with E-state index in [1.807, 2.05) is 6.92 Å². The highest BCUT2D eigenvalue weighted by Crippen LogP contribution is 2.30. The van der Waals surface area contributed by atoms with Crippen molar-refractivity contribution in [3.8, 4) is 6.07 Å². The minimum absolute atomic E-state index is 0.425. The zero-order valence-corrected chi connectivity index (χ0v) is 13.5. The lowest BCUT2D eigenvalue weighted by Crippen LogP contribution is -2.45. The van der Waals surface area contributed by atoms with Crippen molar-refractivity contribution in [3.63, 3.8) is 0 Å². The number of fused-ring (bicyclic) bond motifs is 1. The van der Waals surface area contributed by atoms with Crippen molar-refractivity contribution in [1.29, 1.82) is 5.26 Å². The number of nitrogens with zero attached hydrogens (tertiary/aromatic N) is 2. The summed E-state index contributed by atoms with van der Waals surface area (Å²) >= 11 is 0. The van der Waals surface area contributed by atoms with Crippen LogP contribution in [0.1, 0.15) is 39.2 Å². The van der Waals surface area contributed by atoms with Crippen molar-refractivity contribution < 1.29 is 0 Å². The zero-order chi connectivity index (χ0) is 15.3. The SMILES string of the molecule is CCCNC(C)(C#N)CCN1CC(C)Cc2ccccc21. The molecule has 114 valence electrons. The van der Waals surface area contributed by atoms with Gasteiger partial charge in [-0.25, -0.2) is 0 Å². The van der Waals surface area contributed by atoms with Crippen molar-refractivity contribution in [2.75, 3.05) is 24.5 Å². The number of hydrogen-bond acceptors (Lipinski definition) is 3. The summed E-state index contributed by atoms with van der Waals surface area (Å²) < 4.78 is 0. The largest absolute Gasteiger partial charge is 0.371 e. The number of benzene rings is 1. The Bertz CT molecular complexity index is 505. The van der Waals surface area contributed by atoms with Crippen LogP contribution in [0.4, 0.5) is 5.69 Å². The summed E-state index contributed by atoms with van der Waals surface area (Å²) in [6.45, 7) is 9.38. The second-order valence-electron chi connectivity index (χ2n) is 6.50. The summed E-state index contributed by atoms with van der Waals surface area (Å²) in [7, 11) is 0. The van der Waals surface area contributed by atoms with Gasteiger partial charge in [0, 0.05) is 18.8 Å². The van der Waals surface area contributed by atoms with Gasteiger partial charge >= 0.3 is 0 Å². The van der Waals surface area contributed by atoms with Crippen molar-refractivity contribution in [2.45, 2.75) is 45.6 Å². The summed E-state index contributed by atoms with van der Waals surface area (Å²) in [5, 5.41) is 12.8. The Morgan fingerprint density at radius 1 is 1.43 bits per heavy atom. The topological polar surface area (TPSA) is 39.1 Å². The van der Waals surface area contributed by atoms with Crippen LogP contribution < -0.4 is 10.2 Å². The Hall–Kier alpha value is -1.53. The fourth-order valence-corrected chi connectivity index (χ4v) is 3.06. The predicted molar refractivity (Wildman–Crippen MR) is 88.5 cm³/mol. The molecule has 21 heavy (non-hydrogen) atoms. The van der Waals surface area contributed by atoms with E-state index in [0.29, 0.717) is 5.92 Å². The maximum Gasteiger partial charge on any atom is 0.105 e. The highest BCUT2D eigenvalue weighted by atomic mass is 15.1. The van der Waals surface area contributed by atoms with Gasteiger partial charge in [0.05, 0.1) is 6.07 Å². The van der Waals surface area contributed by atoms with E-state index in [1.54, 1.807) is 0 Å². The number of hydrogen-bond donors (Lipinski definition) is 1. The normalized spacial score (nSPS) is 20.5. The second-order valence-corrected chi connectivity index (χ2v) is 6.50. The molecule has 0 aromatic heterocycles. The molecule has 0 spiro atoms. The fraction of sp³-hybridized carbons (Fsp3) is 0.611. The van der Waals surface area contributed by atoms with Crippen LogP contribution in [0.15, 0.2) is 24.3 Å². The van der Waals surface area contributed by atoms with Crippen LogP contribution in [0.2, 0.25) is 0 Å². The molecule has 0 aliphatic carbocycles. The van der Waals surface area contributed by atoms with E-state index in [1.165, 1.54) is 11.3 Å². The number of rotatable bonds is 6. The molecule has 1 N–H and O–H groups in total. The number of para-hydroxylation sites is 1. The first-order valence-electron chi connectivity index (χ1n) is 8.07. The van der Waals surface area contributed by atoms with Crippen LogP contribution >= 0.6 is 0 Å². The van der Waals surface area contributed by atoms with Gasteiger partial charge in [-0.05, 0) is 50.3 Å². The quantitative estimate of drug-likeness (QED) is 0.871. The minimum Gasteiger partial charge on any atom is -0.371 e. The van der Waals surface area contributed by atoms with Crippen molar-refractivity contribution in [2.24, 2.45) is 5.92 Å². The van der Waals surface area contributed by atoms with Gasteiger partial charge in [-0.15, -0.1) is 0 Å². The molecule has 1 aromatic rings. The Labute approximate surface area is 129 Å². The minimum atomic E-state index is -0.425. The Morgan fingerprint density at radius 2 is 2.19 bits per heavy atom. The number of anilines is 1. The molecule has 2 atom stereocenters. The van der Waals surface area contributed by atoms with E-state index < -0.39 is 5.54 Å². The molecule has 0 saturated heterocycles. The summed E-state index contributed by atoms with van der Waals surface area (Å²) in [5.41, 5.74) is 2.37. The van der Waals surface area contributed by atoms with Gasteiger partial charge < -0.3 is 4.90 Å². The van der Waals surface area contributed by atoms with Gasteiger partial charge in [0.1, 0.15) is 5.54 Å². The lowest BCUT2D eigenvalue weighted by Gasteiger charge is -2.36. The first-order valence-corrected chi connectivity index (χ1v) is 8.07. The Morgan fingerprint density at radius 3 is 2.90 bits per heavy atom. The predicted octanol–water partition coefficient (Wildman–Crippen LogP) is 3.36. The zero-order valence-electron chi connectivity index (χ0n) is 13.5. The highest BCUT2D eigenvalue weighted by molar-refractivity contribution is 5.55. The van der Waals surface area contributed by atoms with Gasteiger partial charge in [-0.1, -0.05) is 32.0 Å². The maximum atomic E-state index is 9.46. The van der Waals surface area contributed by atoms with Crippen LogP contribution in [-0.4, -0.2) is 25.2 Å². The molecular weight excluding hydrogens is 258 g/mol. The molecule has 0 bridgehead atoms. The molecular formula is C18H27N3. The number of nitriles is 1. The molecule has 3 nitrogen and oxygen atoms in total. The summed E-state index contributed by atoms with van der Waals surface area (Å²) in [5.74, 6) is 0.678. The van der Waals surface area contributed by atoms with E-state index in [4.69, 9.17) is 0 Å².